The number of anilines is 1. The number of hydrogen-bond donors (Lipinski definition) is 1. The maximum atomic E-state index is 14.0. The average Bonchev–Trinajstić information content (AvgIpc) is 2.65. The van der Waals surface area contributed by atoms with E-state index in [9.17, 15) is 4.39 Å². The van der Waals surface area contributed by atoms with Crippen molar-refractivity contribution in [3.8, 4) is 5.69 Å². The summed E-state index contributed by atoms with van der Waals surface area (Å²) in [4.78, 5) is 8.24. The lowest BCUT2D eigenvalue weighted by Crippen LogP contribution is -2.03. The van der Waals surface area contributed by atoms with Crippen molar-refractivity contribution in [1.82, 2.24) is 14.5 Å². The number of nitrogen functional groups attached to an aromatic ring is 1. The highest BCUT2D eigenvalue weighted by Gasteiger charge is 2.15. The molecule has 0 aliphatic rings. The van der Waals surface area contributed by atoms with Crippen molar-refractivity contribution < 1.29 is 4.39 Å². The molecule has 3 aromatic rings. The summed E-state index contributed by atoms with van der Waals surface area (Å²) >= 11 is 11.6. The van der Waals surface area contributed by atoms with Crippen LogP contribution in [-0.4, -0.2) is 14.5 Å². The zero-order chi connectivity index (χ0) is 13.6. The van der Waals surface area contributed by atoms with Gasteiger partial charge in [0.25, 0.3) is 0 Å². The first-order valence-corrected chi connectivity index (χ1v) is 6.07. The summed E-state index contributed by atoms with van der Waals surface area (Å²) in [6.07, 6.45) is 1.45. The van der Waals surface area contributed by atoms with Crippen molar-refractivity contribution in [1.29, 1.82) is 0 Å². The Labute approximate surface area is 117 Å². The molecule has 2 N–H and O–H groups in total. The first-order valence-electron chi connectivity index (χ1n) is 5.31. The summed E-state index contributed by atoms with van der Waals surface area (Å²) in [7, 11) is 0. The molecule has 0 aliphatic carbocycles. The molecule has 3 rings (SSSR count). The molecule has 1 aromatic carbocycles. The lowest BCUT2D eigenvalue weighted by Gasteiger charge is -2.07. The molecule has 2 aromatic heterocycles. The highest BCUT2D eigenvalue weighted by Crippen LogP contribution is 2.26. The number of imidazole rings is 1. The van der Waals surface area contributed by atoms with Gasteiger partial charge in [-0.2, -0.15) is 0 Å². The summed E-state index contributed by atoms with van der Waals surface area (Å²) < 4.78 is 15.4. The second-order valence-corrected chi connectivity index (χ2v) is 4.77. The molecule has 0 unspecified atom stereocenters. The first kappa shape index (κ1) is 12.2. The Morgan fingerprint density at radius 3 is 2.68 bits per heavy atom. The quantitative estimate of drug-likeness (QED) is 0.748. The Morgan fingerprint density at radius 1 is 1.16 bits per heavy atom. The fourth-order valence-corrected chi connectivity index (χ4v) is 2.17. The van der Waals surface area contributed by atoms with E-state index in [1.165, 1.54) is 22.9 Å². The van der Waals surface area contributed by atoms with Gasteiger partial charge in [0, 0.05) is 11.2 Å². The minimum absolute atomic E-state index is 0.131. The molecule has 0 radical (unpaired) electrons. The predicted octanol–water partition coefficient (Wildman–Crippen LogP) is 3.45. The van der Waals surface area contributed by atoms with Gasteiger partial charge in [-0.1, -0.05) is 23.2 Å². The maximum absolute atomic E-state index is 14.0. The molecule has 0 aliphatic heterocycles. The lowest BCUT2D eigenvalue weighted by molar-refractivity contribution is 0.620. The van der Waals surface area contributed by atoms with Crippen LogP contribution in [0.2, 0.25) is 10.0 Å². The van der Waals surface area contributed by atoms with E-state index in [1.54, 1.807) is 12.1 Å². The third-order valence-corrected chi connectivity index (χ3v) is 3.08. The zero-order valence-corrected chi connectivity index (χ0v) is 11.0. The molecule has 0 bridgehead atoms. The van der Waals surface area contributed by atoms with Crippen LogP contribution in [0.25, 0.3) is 16.9 Å². The standard InChI is InChI=1S/C12H7Cl2FN4/c13-6-1-2-10(8(15)3-6)19-11-9(18-12(19)16)4-7(14)5-17-11/h1-5H,(H2,16,18). The monoisotopic (exact) mass is 296 g/mol. The van der Waals surface area contributed by atoms with Crippen LogP contribution in [0.5, 0.6) is 0 Å². The fraction of sp³-hybridized carbons (Fsp3) is 0. The van der Waals surface area contributed by atoms with Gasteiger partial charge < -0.3 is 5.73 Å². The minimum Gasteiger partial charge on any atom is -0.369 e. The summed E-state index contributed by atoms with van der Waals surface area (Å²) in [6.45, 7) is 0. The van der Waals surface area contributed by atoms with Crippen molar-refractivity contribution in [2.45, 2.75) is 0 Å². The van der Waals surface area contributed by atoms with Gasteiger partial charge in [0.15, 0.2) is 5.65 Å². The molecule has 7 heteroatoms. The highest BCUT2D eigenvalue weighted by molar-refractivity contribution is 6.31. The maximum Gasteiger partial charge on any atom is 0.207 e. The molecule has 96 valence electrons. The molecule has 19 heavy (non-hydrogen) atoms. The number of rotatable bonds is 1. The Kier molecular flexibility index (Phi) is 2.80. The number of fused-ring (bicyclic) bond motifs is 1. The van der Waals surface area contributed by atoms with Gasteiger partial charge in [-0.25, -0.2) is 14.4 Å². The van der Waals surface area contributed by atoms with Crippen LogP contribution < -0.4 is 5.73 Å². The van der Waals surface area contributed by atoms with E-state index in [-0.39, 0.29) is 11.6 Å². The van der Waals surface area contributed by atoms with Crippen LogP contribution in [0.1, 0.15) is 0 Å². The predicted molar refractivity (Wildman–Crippen MR) is 73.3 cm³/mol. The second-order valence-electron chi connectivity index (χ2n) is 3.90. The van der Waals surface area contributed by atoms with E-state index in [4.69, 9.17) is 28.9 Å². The third kappa shape index (κ3) is 2.01. The van der Waals surface area contributed by atoms with E-state index < -0.39 is 5.82 Å². The van der Waals surface area contributed by atoms with E-state index in [0.717, 1.165) is 0 Å². The topological polar surface area (TPSA) is 56.7 Å². The number of nitrogens with zero attached hydrogens (tertiary/aromatic N) is 3. The van der Waals surface area contributed by atoms with Crippen LogP contribution in [0, 0.1) is 5.82 Å². The van der Waals surface area contributed by atoms with E-state index >= 15 is 0 Å². The Morgan fingerprint density at radius 2 is 1.95 bits per heavy atom. The van der Waals surface area contributed by atoms with Crippen molar-refractivity contribution in [2.24, 2.45) is 0 Å². The fourth-order valence-electron chi connectivity index (χ4n) is 1.86. The number of pyridine rings is 1. The van der Waals surface area contributed by atoms with Crippen LogP contribution in [0.4, 0.5) is 10.3 Å². The summed E-state index contributed by atoms with van der Waals surface area (Å²) in [6, 6.07) is 5.91. The van der Waals surface area contributed by atoms with Crippen LogP contribution in [-0.2, 0) is 0 Å². The molecule has 0 saturated heterocycles. The van der Waals surface area contributed by atoms with E-state index in [2.05, 4.69) is 9.97 Å². The van der Waals surface area contributed by atoms with Crippen LogP contribution >= 0.6 is 23.2 Å². The summed E-state index contributed by atoms with van der Waals surface area (Å²) in [5, 5.41) is 0.744. The molecular weight excluding hydrogens is 290 g/mol. The number of hydrogen-bond acceptors (Lipinski definition) is 3. The van der Waals surface area contributed by atoms with Gasteiger partial charge in [0.05, 0.1) is 10.7 Å². The van der Waals surface area contributed by atoms with Crippen molar-refractivity contribution in [3.05, 3.63) is 46.3 Å². The number of nitrogens with two attached hydrogens (primary N) is 1. The van der Waals surface area contributed by atoms with Gasteiger partial charge in [0.1, 0.15) is 11.3 Å². The van der Waals surface area contributed by atoms with Crippen molar-refractivity contribution in [3.63, 3.8) is 0 Å². The molecule has 0 fully saturated rings. The summed E-state index contributed by atoms with van der Waals surface area (Å²) in [5.41, 5.74) is 6.98. The molecule has 0 amide bonds. The number of benzene rings is 1. The SMILES string of the molecule is Nc1nc2cc(Cl)cnc2n1-c1ccc(Cl)cc1F. The zero-order valence-electron chi connectivity index (χ0n) is 9.44. The largest absolute Gasteiger partial charge is 0.369 e. The molecular formula is C12H7Cl2FN4. The second kappa shape index (κ2) is 4.36. The molecule has 4 nitrogen and oxygen atoms in total. The van der Waals surface area contributed by atoms with Gasteiger partial charge in [-0.3, -0.25) is 4.57 Å². The lowest BCUT2D eigenvalue weighted by atomic mass is 10.3. The number of aromatic nitrogens is 3. The summed E-state index contributed by atoms with van der Waals surface area (Å²) in [5.74, 6) is -0.374. The van der Waals surface area contributed by atoms with Crippen LogP contribution in [0.3, 0.4) is 0 Å². The van der Waals surface area contributed by atoms with Gasteiger partial charge in [-0.05, 0) is 24.3 Å². The first-order chi connectivity index (χ1) is 9.06. The molecule has 0 spiro atoms. The van der Waals surface area contributed by atoms with Crippen molar-refractivity contribution >= 4 is 40.3 Å². The Hall–Kier alpha value is -1.85. The van der Waals surface area contributed by atoms with E-state index in [1.807, 2.05) is 0 Å². The van der Waals surface area contributed by atoms with Crippen LogP contribution in [0.15, 0.2) is 30.5 Å². The average molecular weight is 297 g/mol. The molecule has 0 atom stereocenters. The normalized spacial score (nSPS) is 11.1. The number of halogens is 3. The molecule has 0 saturated carbocycles. The van der Waals surface area contributed by atoms with Crippen molar-refractivity contribution in [2.75, 3.05) is 5.73 Å². The van der Waals surface area contributed by atoms with Gasteiger partial charge in [0.2, 0.25) is 5.95 Å². The minimum atomic E-state index is -0.504. The third-order valence-electron chi connectivity index (χ3n) is 2.64. The molecule has 2 heterocycles. The van der Waals surface area contributed by atoms with E-state index in [0.29, 0.717) is 21.2 Å². The Balaban J connectivity index is 2.33. The highest BCUT2D eigenvalue weighted by atomic mass is 35.5. The van der Waals surface area contributed by atoms with Gasteiger partial charge >= 0.3 is 0 Å². The Bertz CT molecular complexity index is 785. The van der Waals surface area contributed by atoms with Gasteiger partial charge in [-0.15, -0.1) is 0 Å². The smallest absolute Gasteiger partial charge is 0.207 e.